The molecule has 0 aromatic carbocycles. The number of aromatic nitrogens is 1. The number of likely N-dealkylation sites (tertiary alicyclic amines) is 1. The van der Waals surface area contributed by atoms with Gasteiger partial charge in [0.2, 0.25) is 0 Å². The summed E-state index contributed by atoms with van der Waals surface area (Å²) < 4.78 is 0. The zero-order valence-electron chi connectivity index (χ0n) is 12.9. The molecule has 0 spiro atoms. The molecule has 2 heterocycles. The van der Waals surface area contributed by atoms with Crippen LogP contribution in [-0.2, 0) is 0 Å². The van der Waals surface area contributed by atoms with Gasteiger partial charge in [0.25, 0.3) is 5.91 Å². The van der Waals surface area contributed by atoms with E-state index in [-0.39, 0.29) is 11.4 Å². The maximum atomic E-state index is 12.5. The smallest absolute Gasteiger partial charge is 0.272 e. The molecular weight excluding hydrogens is 250 g/mol. The number of amides is 1. The lowest BCUT2D eigenvalue weighted by Crippen LogP contribution is -2.38. The Morgan fingerprint density at radius 2 is 2.00 bits per heavy atom. The minimum atomic E-state index is -0.0256. The highest BCUT2D eigenvalue weighted by atomic mass is 16.2. The van der Waals surface area contributed by atoms with Crippen LogP contribution in [0.15, 0.2) is 18.3 Å². The number of nitrogens with zero attached hydrogens (tertiary/aromatic N) is 2. The van der Waals surface area contributed by atoms with Crippen molar-refractivity contribution in [3.63, 3.8) is 0 Å². The Bertz CT molecular complexity index is 471. The molecule has 1 fully saturated rings. The Labute approximate surface area is 121 Å². The van der Waals surface area contributed by atoms with E-state index in [1.54, 1.807) is 6.20 Å². The molecule has 2 rings (SSSR count). The molecule has 0 aliphatic carbocycles. The number of pyridine rings is 1. The lowest BCUT2D eigenvalue weighted by Gasteiger charge is -2.30. The second-order valence-corrected chi connectivity index (χ2v) is 6.78. The zero-order chi connectivity index (χ0) is 14.8. The van der Waals surface area contributed by atoms with Crippen molar-refractivity contribution in [2.24, 2.45) is 5.92 Å². The van der Waals surface area contributed by atoms with Crippen molar-refractivity contribution >= 4 is 11.6 Å². The van der Waals surface area contributed by atoms with E-state index in [4.69, 9.17) is 0 Å². The average Bonchev–Trinajstić information content (AvgIpc) is 2.37. The van der Waals surface area contributed by atoms with E-state index in [1.807, 2.05) is 17.0 Å². The lowest BCUT2D eigenvalue weighted by atomic mass is 9.99. The highest BCUT2D eigenvalue weighted by Gasteiger charge is 2.22. The molecule has 4 nitrogen and oxygen atoms in total. The number of anilines is 1. The predicted molar refractivity (Wildman–Crippen MR) is 81.9 cm³/mol. The first-order valence-electron chi connectivity index (χ1n) is 7.39. The summed E-state index contributed by atoms with van der Waals surface area (Å²) in [5.41, 5.74) is 1.46. The van der Waals surface area contributed by atoms with Crippen LogP contribution in [0.4, 0.5) is 5.69 Å². The summed E-state index contributed by atoms with van der Waals surface area (Å²) in [6.07, 6.45) is 3.88. The van der Waals surface area contributed by atoms with E-state index >= 15 is 0 Å². The summed E-state index contributed by atoms with van der Waals surface area (Å²) in [4.78, 5) is 18.6. The number of hydrogen-bond acceptors (Lipinski definition) is 3. The van der Waals surface area contributed by atoms with E-state index < -0.39 is 0 Å². The van der Waals surface area contributed by atoms with Gasteiger partial charge < -0.3 is 10.2 Å². The van der Waals surface area contributed by atoms with Gasteiger partial charge in [-0.3, -0.25) is 9.78 Å². The van der Waals surface area contributed by atoms with E-state index in [0.717, 1.165) is 37.5 Å². The van der Waals surface area contributed by atoms with Gasteiger partial charge in [-0.2, -0.15) is 0 Å². The van der Waals surface area contributed by atoms with Gasteiger partial charge >= 0.3 is 0 Å². The average molecular weight is 275 g/mol. The van der Waals surface area contributed by atoms with Crippen LogP contribution < -0.4 is 5.32 Å². The first-order chi connectivity index (χ1) is 9.35. The van der Waals surface area contributed by atoms with E-state index in [9.17, 15) is 4.79 Å². The van der Waals surface area contributed by atoms with Crippen LogP contribution in [-0.4, -0.2) is 34.4 Å². The van der Waals surface area contributed by atoms with Crippen LogP contribution in [0.2, 0.25) is 0 Å². The van der Waals surface area contributed by atoms with Crippen LogP contribution >= 0.6 is 0 Å². The van der Waals surface area contributed by atoms with E-state index in [1.165, 1.54) is 0 Å². The third-order valence-corrected chi connectivity index (χ3v) is 3.57. The fraction of sp³-hybridized carbons (Fsp3) is 0.625. The molecule has 1 aromatic heterocycles. The maximum absolute atomic E-state index is 12.5. The zero-order valence-corrected chi connectivity index (χ0v) is 12.9. The Hall–Kier alpha value is -1.58. The number of rotatable bonds is 2. The molecule has 1 amide bonds. The largest absolute Gasteiger partial charge is 0.380 e. The van der Waals surface area contributed by atoms with Gasteiger partial charge in [0.05, 0.1) is 0 Å². The fourth-order valence-corrected chi connectivity index (χ4v) is 2.43. The third-order valence-electron chi connectivity index (χ3n) is 3.57. The Morgan fingerprint density at radius 3 is 2.60 bits per heavy atom. The van der Waals surface area contributed by atoms with Gasteiger partial charge in [-0.15, -0.1) is 0 Å². The molecule has 20 heavy (non-hydrogen) atoms. The summed E-state index contributed by atoms with van der Waals surface area (Å²) in [6, 6.07) is 3.76. The number of carbonyl (C=O) groups excluding carboxylic acids is 1. The molecule has 4 heteroatoms. The predicted octanol–water partition coefficient (Wildman–Crippen LogP) is 3.16. The van der Waals surface area contributed by atoms with Gasteiger partial charge in [0.1, 0.15) is 5.69 Å². The first-order valence-corrected chi connectivity index (χ1v) is 7.39. The van der Waals surface area contributed by atoms with E-state index in [2.05, 4.69) is 38.0 Å². The van der Waals surface area contributed by atoms with Crippen LogP contribution in [0.1, 0.15) is 51.0 Å². The summed E-state index contributed by atoms with van der Waals surface area (Å²) in [5, 5.41) is 3.38. The summed E-state index contributed by atoms with van der Waals surface area (Å²) in [6.45, 7) is 10.2. The van der Waals surface area contributed by atoms with Crippen molar-refractivity contribution in [1.29, 1.82) is 0 Å². The monoisotopic (exact) mass is 275 g/mol. The molecule has 1 saturated heterocycles. The minimum absolute atomic E-state index is 0.0256. The van der Waals surface area contributed by atoms with Crippen LogP contribution in [0, 0.1) is 5.92 Å². The first kappa shape index (κ1) is 14.8. The molecule has 1 N–H and O–H groups in total. The second kappa shape index (κ2) is 5.81. The SMILES string of the molecule is CC1CCN(C(=O)c2cc(NC(C)(C)C)ccn2)CC1. The molecule has 0 bridgehead atoms. The summed E-state index contributed by atoms with van der Waals surface area (Å²) in [5.74, 6) is 0.773. The van der Waals surface area contributed by atoms with Gasteiger partial charge in [0, 0.05) is 30.5 Å². The lowest BCUT2D eigenvalue weighted by molar-refractivity contribution is 0.0691. The van der Waals surface area contributed by atoms with Crippen molar-refractivity contribution in [2.75, 3.05) is 18.4 Å². The van der Waals surface area contributed by atoms with Gasteiger partial charge in [-0.1, -0.05) is 6.92 Å². The number of carbonyl (C=O) groups is 1. The van der Waals surface area contributed by atoms with Crippen molar-refractivity contribution in [2.45, 2.75) is 46.1 Å². The molecule has 1 aliphatic heterocycles. The molecule has 0 atom stereocenters. The van der Waals surface area contributed by atoms with Crippen molar-refractivity contribution < 1.29 is 4.79 Å². The molecule has 0 unspecified atom stereocenters. The van der Waals surface area contributed by atoms with Crippen LogP contribution in [0.25, 0.3) is 0 Å². The van der Waals surface area contributed by atoms with E-state index in [0.29, 0.717) is 5.69 Å². The number of hydrogen-bond donors (Lipinski definition) is 1. The van der Waals surface area contributed by atoms with Gasteiger partial charge in [-0.05, 0) is 51.7 Å². The Kier molecular flexibility index (Phi) is 4.31. The normalized spacial score (nSPS) is 17.1. The Balaban J connectivity index is 2.08. The van der Waals surface area contributed by atoms with Gasteiger partial charge in [0.15, 0.2) is 0 Å². The van der Waals surface area contributed by atoms with Crippen LogP contribution in [0.3, 0.4) is 0 Å². The molecule has 1 aromatic rings. The quantitative estimate of drug-likeness (QED) is 0.901. The second-order valence-electron chi connectivity index (χ2n) is 6.78. The molecule has 1 aliphatic rings. The minimum Gasteiger partial charge on any atom is -0.380 e. The highest BCUT2D eigenvalue weighted by molar-refractivity contribution is 5.93. The molecule has 110 valence electrons. The topological polar surface area (TPSA) is 45.2 Å². The van der Waals surface area contributed by atoms with Crippen molar-refractivity contribution in [3.05, 3.63) is 24.0 Å². The standard InChI is InChI=1S/C16H25N3O/c1-12-6-9-19(10-7-12)15(20)14-11-13(5-8-17-14)18-16(2,3)4/h5,8,11-12H,6-7,9-10H2,1-4H3,(H,17,18). The molecular formula is C16H25N3O. The molecule has 0 saturated carbocycles. The summed E-state index contributed by atoms with van der Waals surface area (Å²) in [7, 11) is 0. The number of nitrogens with one attached hydrogen (secondary N) is 1. The number of piperidine rings is 1. The van der Waals surface area contributed by atoms with Crippen molar-refractivity contribution in [1.82, 2.24) is 9.88 Å². The third kappa shape index (κ3) is 3.95. The Morgan fingerprint density at radius 1 is 1.35 bits per heavy atom. The molecule has 0 radical (unpaired) electrons. The fourth-order valence-electron chi connectivity index (χ4n) is 2.43. The maximum Gasteiger partial charge on any atom is 0.272 e. The van der Waals surface area contributed by atoms with Gasteiger partial charge in [-0.25, -0.2) is 0 Å². The van der Waals surface area contributed by atoms with Crippen LogP contribution in [0.5, 0.6) is 0 Å². The highest BCUT2D eigenvalue weighted by Crippen LogP contribution is 2.19. The van der Waals surface area contributed by atoms with Crippen molar-refractivity contribution in [3.8, 4) is 0 Å². The summed E-state index contributed by atoms with van der Waals surface area (Å²) >= 11 is 0.